The highest BCUT2D eigenvalue weighted by molar-refractivity contribution is 5.87. The molecule has 0 aliphatic heterocycles. The van der Waals surface area contributed by atoms with Crippen LogP contribution in [0.5, 0.6) is 0 Å². The fourth-order valence-corrected chi connectivity index (χ4v) is 7.79. The van der Waals surface area contributed by atoms with Crippen molar-refractivity contribution in [2.45, 2.75) is 83.5 Å². The number of carbonyl (C=O) groups excluding carboxylic acids is 1. The standard InChI is InChI=1S/C22H34O4/c1-13(23)22(26-4)19(25)12-18-16-6-5-14-11-15(24)7-9-20(14,2)17(16)8-10-21(18,22)3/h5,15-19,24-25H,6-12H2,1-4H3/t15-,16-,17+,18+,19-,20-,21+,22-/m0/s1. The molecule has 0 spiro atoms. The van der Waals surface area contributed by atoms with E-state index in [4.69, 9.17) is 4.74 Å². The van der Waals surface area contributed by atoms with E-state index in [0.717, 1.165) is 38.5 Å². The number of rotatable bonds is 2. The summed E-state index contributed by atoms with van der Waals surface area (Å²) < 4.78 is 5.82. The van der Waals surface area contributed by atoms with Crippen LogP contribution in [0.2, 0.25) is 0 Å². The molecule has 4 aliphatic carbocycles. The summed E-state index contributed by atoms with van der Waals surface area (Å²) in [4.78, 5) is 12.6. The number of aliphatic hydroxyl groups is 2. The minimum atomic E-state index is -1.06. The Morgan fingerprint density at radius 2 is 1.92 bits per heavy atom. The number of ether oxygens (including phenoxy) is 1. The fraction of sp³-hybridized carbons (Fsp3) is 0.864. The van der Waals surface area contributed by atoms with Crippen LogP contribution in [0.4, 0.5) is 0 Å². The average molecular weight is 363 g/mol. The molecule has 0 aromatic carbocycles. The highest BCUT2D eigenvalue weighted by atomic mass is 16.5. The summed E-state index contributed by atoms with van der Waals surface area (Å²) in [6, 6.07) is 0. The third-order valence-electron chi connectivity index (χ3n) is 9.11. The van der Waals surface area contributed by atoms with E-state index in [1.54, 1.807) is 14.0 Å². The lowest BCUT2D eigenvalue weighted by atomic mass is 9.46. The topological polar surface area (TPSA) is 66.8 Å². The van der Waals surface area contributed by atoms with Gasteiger partial charge in [-0.3, -0.25) is 4.79 Å². The maximum absolute atomic E-state index is 12.6. The highest BCUT2D eigenvalue weighted by Gasteiger charge is 2.69. The molecule has 0 amide bonds. The van der Waals surface area contributed by atoms with Crippen molar-refractivity contribution in [1.82, 2.24) is 0 Å². The van der Waals surface area contributed by atoms with Crippen LogP contribution >= 0.6 is 0 Å². The van der Waals surface area contributed by atoms with Crippen molar-refractivity contribution < 1.29 is 19.7 Å². The number of aliphatic hydroxyl groups excluding tert-OH is 2. The van der Waals surface area contributed by atoms with Crippen molar-refractivity contribution >= 4 is 5.78 Å². The minimum Gasteiger partial charge on any atom is -0.393 e. The van der Waals surface area contributed by atoms with Crippen molar-refractivity contribution in [1.29, 1.82) is 0 Å². The second-order valence-corrected chi connectivity index (χ2v) is 9.86. The van der Waals surface area contributed by atoms with Gasteiger partial charge in [0.15, 0.2) is 11.4 Å². The molecule has 0 bridgehead atoms. The molecule has 0 aromatic heterocycles. The number of hydrogen-bond donors (Lipinski definition) is 2. The first-order valence-corrected chi connectivity index (χ1v) is 10.3. The third-order valence-corrected chi connectivity index (χ3v) is 9.11. The zero-order valence-corrected chi connectivity index (χ0v) is 16.6. The van der Waals surface area contributed by atoms with E-state index >= 15 is 0 Å². The van der Waals surface area contributed by atoms with Gasteiger partial charge in [-0.2, -0.15) is 0 Å². The molecule has 4 aliphatic rings. The van der Waals surface area contributed by atoms with Crippen molar-refractivity contribution in [3.63, 3.8) is 0 Å². The van der Waals surface area contributed by atoms with Crippen LogP contribution in [-0.2, 0) is 9.53 Å². The Morgan fingerprint density at radius 1 is 1.19 bits per heavy atom. The summed E-state index contributed by atoms with van der Waals surface area (Å²) in [5.41, 5.74) is 0.257. The molecular weight excluding hydrogens is 328 g/mol. The van der Waals surface area contributed by atoms with E-state index in [2.05, 4.69) is 19.9 Å². The highest BCUT2D eigenvalue weighted by Crippen LogP contribution is 2.67. The smallest absolute Gasteiger partial charge is 0.164 e. The number of fused-ring (bicyclic) bond motifs is 5. The van der Waals surface area contributed by atoms with Gasteiger partial charge in [0.05, 0.1) is 12.2 Å². The van der Waals surface area contributed by atoms with Gasteiger partial charge in [-0.1, -0.05) is 25.5 Å². The van der Waals surface area contributed by atoms with Crippen molar-refractivity contribution in [3.05, 3.63) is 11.6 Å². The van der Waals surface area contributed by atoms with Gasteiger partial charge < -0.3 is 14.9 Å². The van der Waals surface area contributed by atoms with Crippen LogP contribution < -0.4 is 0 Å². The summed E-state index contributed by atoms with van der Waals surface area (Å²) >= 11 is 0. The van der Waals surface area contributed by atoms with Crippen molar-refractivity contribution in [3.8, 4) is 0 Å². The van der Waals surface area contributed by atoms with Gasteiger partial charge in [0.25, 0.3) is 0 Å². The van der Waals surface area contributed by atoms with E-state index in [-0.39, 0.29) is 22.7 Å². The van der Waals surface area contributed by atoms with E-state index in [1.807, 2.05) is 0 Å². The van der Waals surface area contributed by atoms with Gasteiger partial charge >= 0.3 is 0 Å². The number of methoxy groups -OCH3 is 1. The van der Waals surface area contributed by atoms with Crippen LogP contribution in [0, 0.1) is 28.6 Å². The van der Waals surface area contributed by atoms with Gasteiger partial charge in [-0.15, -0.1) is 0 Å². The lowest BCUT2D eigenvalue weighted by Gasteiger charge is -2.59. The number of hydrogen-bond acceptors (Lipinski definition) is 4. The van der Waals surface area contributed by atoms with Crippen LogP contribution in [0.25, 0.3) is 0 Å². The number of Topliss-reactive ketones (excluding diaryl/α,β-unsaturated/α-hetero) is 1. The summed E-state index contributed by atoms with van der Waals surface area (Å²) in [6.07, 6.45) is 7.90. The average Bonchev–Trinajstić information content (AvgIpc) is 2.82. The maximum Gasteiger partial charge on any atom is 0.164 e. The molecule has 2 N–H and O–H groups in total. The van der Waals surface area contributed by atoms with Crippen LogP contribution in [0.3, 0.4) is 0 Å². The van der Waals surface area contributed by atoms with Crippen LogP contribution in [0.15, 0.2) is 11.6 Å². The Labute approximate surface area is 157 Å². The summed E-state index contributed by atoms with van der Waals surface area (Å²) in [7, 11) is 1.59. The normalized spacial score (nSPS) is 53.3. The lowest BCUT2D eigenvalue weighted by molar-refractivity contribution is -0.183. The molecule has 0 aromatic rings. The van der Waals surface area contributed by atoms with E-state index in [9.17, 15) is 15.0 Å². The van der Waals surface area contributed by atoms with Crippen LogP contribution in [-0.4, -0.2) is 40.9 Å². The third kappa shape index (κ3) is 2.10. The van der Waals surface area contributed by atoms with Crippen LogP contribution in [0.1, 0.15) is 65.7 Å². The summed E-state index contributed by atoms with van der Waals surface area (Å²) in [5.74, 6) is 1.35. The maximum atomic E-state index is 12.6. The predicted molar refractivity (Wildman–Crippen MR) is 99.5 cm³/mol. The summed E-state index contributed by atoms with van der Waals surface area (Å²) in [5, 5.41) is 21.1. The number of ketones is 1. The predicted octanol–water partition coefficient (Wildman–Crippen LogP) is 3.26. The van der Waals surface area contributed by atoms with Gasteiger partial charge in [0.1, 0.15) is 0 Å². The lowest BCUT2D eigenvalue weighted by Crippen LogP contribution is -2.60. The Kier molecular flexibility index (Phi) is 4.22. The monoisotopic (exact) mass is 362 g/mol. The summed E-state index contributed by atoms with van der Waals surface area (Å²) in [6.45, 7) is 6.15. The molecule has 0 heterocycles. The molecule has 4 heteroatoms. The van der Waals surface area contributed by atoms with E-state index < -0.39 is 11.7 Å². The Morgan fingerprint density at radius 3 is 2.58 bits per heavy atom. The SMILES string of the molecule is CO[C@@]1(C(C)=O)[C@@H](O)C[C@@H]2[C@H]3CC=C4C[C@@H](O)CC[C@]4(C)[C@@H]3CC[C@]21C. The fourth-order valence-electron chi connectivity index (χ4n) is 7.79. The van der Waals surface area contributed by atoms with E-state index in [0.29, 0.717) is 24.2 Å². The first kappa shape index (κ1) is 18.6. The Bertz CT molecular complexity index is 642. The van der Waals surface area contributed by atoms with Gasteiger partial charge in [-0.25, -0.2) is 0 Å². The quantitative estimate of drug-likeness (QED) is 0.740. The number of allylic oxidation sites excluding steroid dienone is 1. The molecule has 0 radical (unpaired) electrons. The molecule has 146 valence electrons. The van der Waals surface area contributed by atoms with Gasteiger partial charge in [0, 0.05) is 12.5 Å². The molecule has 8 atom stereocenters. The molecular formula is C22H34O4. The molecule has 4 rings (SSSR count). The van der Waals surface area contributed by atoms with Gasteiger partial charge in [0.2, 0.25) is 0 Å². The molecule has 3 fully saturated rings. The zero-order valence-electron chi connectivity index (χ0n) is 16.6. The molecule has 26 heavy (non-hydrogen) atoms. The zero-order chi connectivity index (χ0) is 18.9. The first-order valence-electron chi connectivity index (χ1n) is 10.3. The molecule has 4 nitrogen and oxygen atoms in total. The largest absolute Gasteiger partial charge is 0.393 e. The van der Waals surface area contributed by atoms with E-state index in [1.165, 1.54) is 5.57 Å². The molecule has 0 saturated heterocycles. The number of carbonyl (C=O) groups is 1. The van der Waals surface area contributed by atoms with Gasteiger partial charge in [-0.05, 0) is 75.0 Å². The molecule has 0 unspecified atom stereocenters. The van der Waals surface area contributed by atoms with Crippen molar-refractivity contribution in [2.75, 3.05) is 7.11 Å². The Hall–Kier alpha value is -0.710. The van der Waals surface area contributed by atoms with Crippen molar-refractivity contribution in [2.24, 2.45) is 28.6 Å². The Balaban J connectivity index is 1.73. The second kappa shape index (κ2) is 5.89. The minimum absolute atomic E-state index is 0.0324. The first-order chi connectivity index (χ1) is 12.2. The molecule has 3 saturated carbocycles. The second-order valence-electron chi connectivity index (χ2n) is 9.86.